The van der Waals surface area contributed by atoms with Crippen LogP contribution in [0.4, 0.5) is 4.39 Å². The van der Waals surface area contributed by atoms with Gasteiger partial charge in [0.1, 0.15) is 11.9 Å². The van der Waals surface area contributed by atoms with Crippen molar-refractivity contribution < 1.29 is 4.39 Å². The van der Waals surface area contributed by atoms with Crippen LogP contribution in [0.5, 0.6) is 0 Å². The number of nitrogens with zero attached hydrogens (tertiary/aromatic N) is 2. The van der Waals surface area contributed by atoms with Gasteiger partial charge in [-0.3, -0.25) is 0 Å². The average molecular weight is 222 g/mol. The molecular formula is C14H7FN2. The fourth-order valence-electron chi connectivity index (χ4n) is 1.55. The van der Waals surface area contributed by atoms with Crippen LogP contribution < -0.4 is 0 Å². The van der Waals surface area contributed by atoms with E-state index >= 15 is 0 Å². The quantitative estimate of drug-likeness (QED) is 0.743. The number of hydrogen-bond donors (Lipinski definition) is 0. The molecule has 2 aromatic carbocycles. The van der Waals surface area contributed by atoms with E-state index in [1.54, 1.807) is 36.4 Å². The zero-order valence-corrected chi connectivity index (χ0v) is 8.81. The Kier molecular flexibility index (Phi) is 2.85. The van der Waals surface area contributed by atoms with Crippen molar-refractivity contribution in [1.82, 2.24) is 0 Å². The molecule has 0 fully saturated rings. The van der Waals surface area contributed by atoms with Gasteiger partial charge in [0.25, 0.3) is 0 Å². The third-order valence-electron chi connectivity index (χ3n) is 2.41. The number of nitriles is 2. The summed E-state index contributed by atoms with van der Waals surface area (Å²) in [5.41, 5.74) is 1.95. The molecule has 0 aliphatic carbocycles. The maximum absolute atomic E-state index is 13.4. The standard InChI is InChI=1S/C14H7FN2/c15-14-7-12(4-5-13(14)9-17)11-3-1-2-10(6-11)8-16/h1-7H. The highest BCUT2D eigenvalue weighted by Crippen LogP contribution is 2.22. The first-order valence-corrected chi connectivity index (χ1v) is 4.95. The summed E-state index contributed by atoms with van der Waals surface area (Å²) in [5, 5.41) is 17.4. The van der Waals surface area contributed by atoms with Gasteiger partial charge in [-0.1, -0.05) is 18.2 Å². The van der Waals surface area contributed by atoms with E-state index in [1.165, 1.54) is 12.1 Å². The summed E-state index contributed by atoms with van der Waals surface area (Å²) >= 11 is 0. The molecule has 2 rings (SSSR count). The Balaban J connectivity index is 2.51. The summed E-state index contributed by atoms with van der Waals surface area (Å²) in [4.78, 5) is 0. The fourth-order valence-corrected chi connectivity index (χ4v) is 1.55. The molecule has 0 aromatic heterocycles. The van der Waals surface area contributed by atoms with Crippen LogP contribution in [0.2, 0.25) is 0 Å². The van der Waals surface area contributed by atoms with Crippen LogP contribution in [-0.2, 0) is 0 Å². The third kappa shape index (κ3) is 2.14. The van der Waals surface area contributed by atoms with E-state index < -0.39 is 5.82 Å². The molecule has 0 atom stereocenters. The first-order chi connectivity index (χ1) is 8.24. The van der Waals surface area contributed by atoms with Gasteiger partial charge in [-0.2, -0.15) is 10.5 Å². The summed E-state index contributed by atoms with van der Waals surface area (Å²) in [6.07, 6.45) is 0. The summed E-state index contributed by atoms with van der Waals surface area (Å²) in [5.74, 6) is -0.549. The van der Waals surface area contributed by atoms with Crippen molar-refractivity contribution in [3.8, 4) is 23.3 Å². The monoisotopic (exact) mass is 222 g/mol. The minimum atomic E-state index is -0.549. The molecule has 0 N–H and O–H groups in total. The summed E-state index contributed by atoms with van der Waals surface area (Å²) in [6, 6.07) is 15.1. The van der Waals surface area contributed by atoms with Crippen LogP contribution in [0, 0.1) is 28.5 Å². The third-order valence-corrected chi connectivity index (χ3v) is 2.41. The van der Waals surface area contributed by atoms with Gasteiger partial charge in [0.2, 0.25) is 0 Å². The number of hydrogen-bond acceptors (Lipinski definition) is 2. The molecule has 0 spiro atoms. The topological polar surface area (TPSA) is 47.6 Å². The van der Waals surface area contributed by atoms with E-state index in [0.717, 1.165) is 5.56 Å². The second-order valence-electron chi connectivity index (χ2n) is 3.50. The number of rotatable bonds is 1. The number of halogens is 1. The van der Waals surface area contributed by atoms with Gasteiger partial charge >= 0.3 is 0 Å². The van der Waals surface area contributed by atoms with Gasteiger partial charge in [0.05, 0.1) is 17.2 Å². The van der Waals surface area contributed by atoms with E-state index in [0.29, 0.717) is 11.1 Å². The van der Waals surface area contributed by atoms with Crippen molar-refractivity contribution in [2.75, 3.05) is 0 Å². The van der Waals surface area contributed by atoms with Gasteiger partial charge < -0.3 is 0 Å². The van der Waals surface area contributed by atoms with Crippen molar-refractivity contribution >= 4 is 0 Å². The van der Waals surface area contributed by atoms with E-state index in [1.807, 2.05) is 6.07 Å². The molecule has 0 amide bonds. The van der Waals surface area contributed by atoms with Crippen LogP contribution in [0.15, 0.2) is 42.5 Å². The Morgan fingerprint density at radius 3 is 2.29 bits per heavy atom. The molecule has 2 nitrogen and oxygen atoms in total. The second kappa shape index (κ2) is 4.47. The van der Waals surface area contributed by atoms with E-state index in [9.17, 15) is 4.39 Å². The Morgan fingerprint density at radius 1 is 0.882 bits per heavy atom. The second-order valence-corrected chi connectivity index (χ2v) is 3.50. The van der Waals surface area contributed by atoms with Crippen LogP contribution >= 0.6 is 0 Å². The summed E-state index contributed by atoms with van der Waals surface area (Å²) in [7, 11) is 0. The molecule has 3 heteroatoms. The maximum Gasteiger partial charge on any atom is 0.141 e. The predicted molar refractivity (Wildman–Crippen MR) is 61.3 cm³/mol. The smallest absolute Gasteiger partial charge is 0.141 e. The zero-order valence-electron chi connectivity index (χ0n) is 8.81. The van der Waals surface area contributed by atoms with Crippen LogP contribution in [-0.4, -0.2) is 0 Å². The molecule has 80 valence electrons. The minimum absolute atomic E-state index is 0.0187. The van der Waals surface area contributed by atoms with Crippen molar-refractivity contribution in [2.45, 2.75) is 0 Å². The normalized spacial score (nSPS) is 9.35. The SMILES string of the molecule is N#Cc1cccc(-c2ccc(C#N)c(F)c2)c1. The largest absolute Gasteiger partial charge is 0.206 e. The average Bonchev–Trinajstić information content (AvgIpc) is 2.38. The molecule has 0 saturated heterocycles. The van der Waals surface area contributed by atoms with E-state index in [2.05, 4.69) is 0 Å². The van der Waals surface area contributed by atoms with Crippen molar-refractivity contribution in [1.29, 1.82) is 10.5 Å². The van der Waals surface area contributed by atoms with E-state index in [-0.39, 0.29) is 5.56 Å². The lowest BCUT2D eigenvalue weighted by Gasteiger charge is -2.02. The predicted octanol–water partition coefficient (Wildman–Crippen LogP) is 3.24. The van der Waals surface area contributed by atoms with E-state index in [4.69, 9.17) is 10.5 Å². The van der Waals surface area contributed by atoms with Gasteiger partial charge in [-0.15, -0.1) is 0 Å². The molecule has 0 bridgehead atoms. The molecular weight excluding hydrogens is 215 g/mol. The lowest BCUT2D eigenvalue weighted by Crippen LogP contribution is -1.86. The maximum atomic E-state index is 13.4. The lowest BCUT2D eigenvalue weighted by atomic mass is 10.0. The van der Waals surface area contributed by atoms with Gasteiger partial charge in [0.15, 0.2) is 0 Å². The summed E-state index contributed by atoms with van der Waals surface area (Å²) < 4.78 is 13.4. The molecule has 0 saturated carbocycles. The molecule has 0 radical (unpaired) electrons. The molecule has 0 aliphatic rings. The number of benzene rings is 2. The van der Waals surface area contributed by atoms with Crippen LogP contribution in [0.3, 0.4) is 0 Å². The highest BCUT2D eigenvalue weighted by Gasteiger charge is 2.04. The Labute approximate surface area is 98.2 Å². The van der Waals surface area contributed by atoms with Crippen molar-refractivity contribution in [3.63, 3.8) is 0 Å². The molecule has 0 heterocycles. The van der Waals surface area contributed by atoms with Crippen molar-refractivity contribution in [2.24, 2.45) is 0 Å². The molecule has 0 aliphatic heterocycles. The van der Waals surface area contributed by atoms with Gasteiger partial charge in [0, 0.05) is 0 Å². The fraction of sp³-hybridized carbons (Fsp3) is 0. The van der Waals surface area contributed by atoms with Crippen LogP contribution in [0.25, 0.3) is 11.1 Å². The zero-order chi connectivity index (χ0) is 12.3. The lowest BCUT2D eigenvalue weighted by molar-refractivity contribution is 0.624. The first kappa shape index (κ1) is 10.9. The Morgan fingerprint density at radius 2 is 1.65 bits per heavy atom. The van der Waals surface area contributed by atoms with Crippen molar-refractivity contribution in [3.05, 3.63) is 59.4 Å². The highest BCUT2D eigenvalue weighted by molar-refractivity contribution is 5.66. The van der Waals surface area contributed by atoms with Crippen LogP contribution in [0.1, 0.15) is 11.1 Å². The first-order valence-electron chi connectivity index (χ1n) is 4.95. The molecule has 2 aromatic rings. The Bertz CT molecular complexity index is 648. The minimum Gasteiger partial charge on any atom is -0.206 e. The molecule has 17 heavy (non-hydrogen) atoms. The van der Waals surface area contributed by atoms with Gasteiger partial charge in [-0.05, 0) is 35.4 Å². The highest BCUT2D eigenvalue weighted by atomic mass is 19.1. The molecule has 0 unspecified atom stereocenters. The van der Waals surface area contributed by atoms with Gasteiger partial charge in [-0.25, -0.2) is 4.39 Å². The Hall–Kier alpha value is -2.65. The summed E-state index contributed by atoms with van der Waals surface area (Å²) in [6.45, 7) is 0.